The van der Waals surface area contributed by atoms with Gasteiger partial charge >= 0.3 is 6.16 Å². The number of aromatic nitrogens is 1. The van der Waals surface area contributed by atoms with Crippen LogP contribution < -0.4 is 11.1 Å². The fourth-order valence-electron chi connectivity index (χ4n) is 3.28. The predicted octanol–water partition coefficient (Wildman–Crippen LogP) is 5.25. The summed E-state index contributed by atoms with van der Waals surface area (Å²) in [5.74, 6) is 0. The zero-order valence-electron chi connectivity index (χ0n) is 15.9. The number of nitrogens with one attached hydrogen (secondary N) is 1. The minimum absolute atomic E-state index is 0.0985. The maximum Gasteiger partial charge on any atom is 0.509 e. The Balaban J connectivity index is 1.61. The highest BCUT2D eigenvalue weighted by molar-refractivity contribution is 9.10. The minimum Gasteiger partial charge on any atom is -0.431 e. The monoisotopic (exact) mass is 435 g/mol. The third kappa shape index (κ3) is 5.25. The van der Waals surface area contributed by atoms with Gasteiger partial charge < -0.3 is 20.5 Å². The first-order chi connectivity index (χ1) is 12.7. The van der Waals surface area contributed by atoms with Gasteiger partial charge in [0.05, 0.1) is 23.1 Å². The Morgan fingerprint density at radius 2 is 1.96 bits per heavy atom. The summed E-state index contributed by atoms with van der Waals surface area (Å²) in [6, 6.07) is 6.23. The van der Waals surface area contributed by atoms with Crippen molar-refractivity contribution in [3.8, 4) is 0 Å². The smallest absolute Gasteiger partial charge is 0.431 e. The molecule has 1 aromatic heterocycles. The maximum atomic E-state index is 11.8. The molecule has 0 spiro atoms. The third-order valence-electron chi connectivity index (χ3n) is 4.53. The van der Waals surface area contributed by atoms with E-state index in [0.29, 0.717) is 5.69 Å². The van der Waals surface area contributed by atoms with E-state index in [-0.39, 0.29) is 12.1 Å². The lowest BCUT2D eigenvalue weighted by Gasteiger charge is -2.30. The Morgan fingerprint density at radius 3 is 2.63 bits per heavy atom. The van der Waals surface area contributed by atoms with Gasteiger partial charge in [-0.05, 0) is 64.7 Å². The maximum absolute atomic E-state index is 11.8. The van der Waals surface area contributed by atoms with Gasteiger partial charge in [-0.25, -0.2) is 4.79 Å². The van der Waals surface area contributed by atoms with E-state index in [1.807, 2.05) is 39.0 Å². The summed E-state index contributed by atoms with van der Waals surface area (Å²) in [6.07, 6.45) is 4.38. The number of carbonyl (C=O) groups excluding carboxylic acids is 1. The van der Waals surface area contributed by atoms with Crippen molar-refractivity contribution in [2.45, 2.75) is 64.2 Å². The topological polar surface area (TPSA) is 86.5 Å². The van der Waals surface area contributed by atoms with E-state index in [9.17, 15) is 4.79 Å². The molecule has 0 amide bonds. The SMILES string of the molecule is CC(C)(C)OC(=O)OC1CCC(Nc2c(N)cnc3ccc(Br)cc23)CC1. The van der Waals surface area contributed by atoms with E-state index in [4.69, 9.17) is 15.2 Å². The molecule has 3 N–H and O–H groups in total. The molecule has 6 nitrogen and oxygen atoms in total. The molecular formula is C20H26BrN3O3. The molecule has 1 heterocycles. The van der Waals surface area contributed by atoms with E-state index in [0.717, 1.165) is 46.7 Å². The highest BCUT2D eigenvalue weighted by Crippen LogP contribution is 2.33. The third-order valence-corrected chi connectivity index (χ3v) is 5.03. The molecule has 1 saturated carbocycles. The van der Waals surface area contributed by atoms with Crippen LogP contribution in [0.1, 0.15) is 46.5 Å². The summed E-state index contributed by atoms with van der Waals surface area (Å²) in [7, 11) is 0. The van der Waals surface area contributed by atoms with Crippen molar-refractivity contribution in [3.63, 3.8) is 0 Å². The summed E-state index contributed by atoms with van der Waals surface area (Å²) < 4.78 is 11.7. The molecule has 0 atom stereocenters. The van der Waals surface area contributed by atoms with E-state index in [2.05, 4.69) is 26.2 Å². The molecule has 7 heteroatoms. The molecular weight excluding hydrogens is 410 g/mol. The lowest BCUT2D eigenvalue weighted by Crippen LogP contribution is -2.33. The second kappa shape index (κ2) is 7.92. The van der Waals surface area contributed by atoms with E-state index >= 15 is 0 Å². The minimum atomic E-state index is -0.590. The second-order valence-electron chi connectivity index (χ2n) is 7.95. The van der Waals surface area contributed by atoms with Crippen LogP contribution in [-0.4, -0.2) is 28.9 Å². The first-order valence-corrected chi connectivity index (χ1v) is 10.0. The zero-order valence-corrected chi connectivity index (χ0v) is 17.5. The molecule has 2 aromatic rings. The second-order valence-corrected chi connectivity index (χ2v) is 8.87. The molecule has 0 radical (unpaired) electrons. The number of nitrogen functional groups attached to an aromatic ring is 1. The standard InChI is InChI=1S/C20H26BrN3O3/c1-20(2,3)27-19(25)26-14-7-5-13(6-8-14)24-18-15-10-12(21)4-9-17(15)23-11-16(18)22/h4,9-11,13-14H,5-8,22H2,1-3H3,(H,23,24). The molecule has 1 fully saturated rings. The van der Waals surface area contributed by atoms with Gasteiger partial charge in [0.2, 0.25) is 0 Å². The Kier molecular flexibility index (Phi) is 5.79. The summed E-state index contributed by atoms with van der Waals surface area (Å²) in [5, 5.41) is 4.57. The molecule has 1 aliphatic carbocycles. The number of hydrogen-bond acceptors (Lipinski definition) is 6. The van der Waals surface area contributed by atoms with Crippen LogP contribution in [0.25, 0.3) is 10.9 Å². The molecule has 0 saturated heterocycles. The number of ether oxygens (including phenoxy) is 2. The quantitative estimate of drug-likeness (QED) is 0.639. The van der Waals surface area contributed by atoms with Gasteiger partial charge in [0.25, 0.3) is 0 Å². The van der Waals surface area contributed by atoms with Gasteiger partial charge in [-0.1, -0.05) is 15.9 Å². The van der Waals surface area contributed by atoms with Gasteiger partial charge in [0, 0.05) is 15.9 Å². The van der Waals surface area contributed by atoms with Crippen molar-refractivity contribution in [1.82, 2.24) is 4.98 Å². The first kappa shape index (κ1) is 19.7. The number of benzene rings is 1. The fourth-order valence-corrected chi connectivity index (χ4v) is 3.64. The lowest BCUT2D eigenvalue weighted by atomic mass is 9.92. The molecule has 0 aliphatic heterocycles. The van der Waals surface area contributed by atoms with Crippen molar-refractivity contribution in [3.05, 3.63) is 28.9 Å². The number of fused-ring (bicyclic) bond motifs is 1. The van der Waals surface area contributed by atoms with Crippen molar-refractivity contribution < 1.29 is 14.3 Å². The van der Waals surface area contributed by atoms with Crippen molar-refractivity contribution >= 4 is 44.4 Å². The van der Waals surface area contributed by atoms with Crippen molar-refractivity contribution in [2.75, 3.05) is 11.1 Å². The molecule has 0 unspecified atom stereocenters. The summed E-state index contributed by atoms with van der Waals surface area (Å²) in [4.78, 5) is 16.2. The lowest BCUT2D eigenvalue weighted by molar-refractivity contribution is -0.0341. The molecule has 146 valence electrons. The highest BCUT2D eigenvalue weighted by atomic mass is 79.9. The van der Waals surface area contributed by atoms with Crippen LogP contribution >= 0.6 is 15.9 Å². The van der Waals surface area contributed by atoms with Gasteiger partial charge in [-0.2, -0.15) is 0 Å². The van der Waals surface area contributed by atoms with Gasteiger partial charge in [0.1, 0.15) is 11.7 Å². The summed E-state index contributed by atoms with van der Waals surface area (Å²) in [6.45, 7) is 5.49. The number of carbonyl (C=O) groups is 1. The van der Waals surface area contributed by atoms with E-state index < -0.39 is 11.8 Å². The van der Waals surface area contributed by atoms with Crippen LogP contribution in [0.15, 0.2) is 28.9 Å². The summed E-state index contributed by atoms with van der Waals surface area (Å²) >= 11 is 3.51. The average molecular weight is 436 g/mol. The molecule has 1 aromatic carbocycles. The number of hydrogen-bond donors (Lipinski definition) is 2. The van der Waals surface area contributed by atoms with E-state index in [1.165, 1.54) is 0 Å². The Bertz CT molecular complexity index is 822. The van der Waals surface area contributed by atoms with Gasteiger partial charge in [-0.3, -0.25) is 4.98 Å². The average Bonchev–Trinajstić information content (AvgIpc) is 2.57. The highest BCUT2D eigenvalue weighted by Gasteiger charge is 2.27. The largest absolute Gasteiger partial charge is 0.509 e. The number of nitrogens with two attached hydrogens (primary N) is 1. The number of pyridine rings is 1. The number of halogens is 1. The van der Waals surface area contributed by atoms with Crippen LogP contribution in [0.3, 0.4) is 0 Å². The molecule has 27 heavy (non-hydrogen) atoms. The first-order valence-electron chi connectivity index (χ1n) is 9.21. The molecule has 0 bridgehead atoms. The van der Waals surface area contributed by atoms with E-state index in [1.54, 1.807) is 6.20 Å². The van der Waals surface area contributed by atoms with Crippen LogP contribution in [0, 0.1) is 0 Å². The zero-order chi connectivity index (χ0) is 19.6. The Labute approximate surface area is 167 Å². The van der Waals surface area contributed by atoms with Crippen LogP contribution in [0.5, 0.6) is 0 Å². The van der Waals surface area contributed by atoms with Gasteiger partial charge in [0.15, 0.2) is 0 Å². The van der Waals surface area contributed by atoms with Crippen LogP contribution in [-0.2, 0) is 9.47 Å². The number of nitrogens with zero attached hydrogens (tertiary/aromatic N) is 1. The number of rotatable bonds is 3. The van der Waals surface area contributed by atoms with Crippen LogP contribution in [0.2, 0.25) is 0 Å². The Hall–Kier alpha value is -2.02. The summed E-state index contributed by atoms with van der Waals surface area (Å²) in [5.41, 5.74) is 8.09. The van der Waals surface area contributed by atoms with Crippen molar-refractivity contribution in [2.24, 2.45) is 0 Å². The number of anilines is 2. The normalized spacial score (nSPS) is 20.3. The van der Waals surface area contributed by atoms with Crippen molar-refractivity contribution in [1.29, 1.82) is 0 Å². The predicted molar refractivity (Wildman–Crippen MR) is 111 cm³/mol. The fraction of sp³-hybridized carbons (Fsp3) is 0.500. The molecule has 1 aliphatic rings. The van der Waals surface area contributed by atoms with Gasteiger partial charge in [-0.15, -0.1) is 0 Å². The Morgan fingerprint density at radius 1 is 1.26 bits per heavy atom. The molecule has 3 rings (SSSR count). The van der Waals surface area contributed by atoms with Crippen LogP contribution in [0.4, 0.5) is 16.2 Å².